The first-order valence-electron chi connectivity index (χ1n) is 6.47. The molecule has 1 fully saturated rings. The van der Waals surface area contributed by atoms with E-state index in [1.54, 1.807) is 6.07 Å². The average Bonchev–Trinajstić information content (AvgIpc) is 2.84. The van der Waals surface area contributed by atoms with Crippen molar-refractivity contribution in [2.45, 2.75) is 18.9 Å². The highest BCUT2D eigenvalue weighted by molar-refractivity contribution is 5.82. The SMILES string of the molecule is CC1(Nc2ccc3cc([N+](=O)[O-])ccc3n2)CCOC1. The molecule has 3 rings (SSSR count). The molecular weight excluding hydrogens is 258 g/mol. The molecule has 2 aromatic rings. The number of nitrogens with one attached hydrogen (secondary N) is 1. The van der Waals surface area contributed by atoms with Crippen molar-refractivity contribution in [3.63, 3.8) is 0 Å². The van der Waals surface area contributed by atoms with E-state index in [9.17, 15) is 10.1 Å². The zero-order valence-electron chi connectivity index (χ0n) is 11.1. The molecule has 1 aromatic heterocycles. The number of hydrogen-bond donors (Lipinski definition) is 1. The fraction of sp³-hybridized carbons (Fsp3) is 0.357. The molecule has 0 bridgehead atoms. The van der Waals surface area contributed by atoms with Crippen molar-refractivity contribution in [2.24, 2.45) is 0 Å². The number of nitro groups is 1. The fourth-order valence-corrected chi connectivity index (χ4v) is 2.37. The molecule has 6 heteroatoms. The number of rotatable bonds is 3. The number of aromatic nitrogens is 1. The zero-order chi connectivity index (χ0) is 14.2. The maximum absolute atomic E-state index is 10.7. The molecule has 1 aromatic carbocycles. The maximum Gasteiger partial charge on any atom is 0.270 e. The predicted octanol–water partition coefficient (Wildman–Crippen LogP) is 2.73. The molecule has 0 amide bonds. The summed E-state index contributed by atoms with van der Waals surface area (Å²) in [7, 11) is 0. The molecule has 1 aliphatic rings. The van der Waals surface area contributed by atoms with E-state index in [1.165, 1.54) is 12.1 Å². The lowest BCUT2D eigenvalue weighted by Gasteiger charge is -2.24. The Morgan fingerprint density at radius 3 is 2.95 bits per heavy atom. The van der Waals surface area contributed by atoms with Gasteiger partial charge in [0.05, 0.1) is 22.6 Å². The number of nitrogens with zero attached hydrogens (tertiary/aromatic N) is 2. The molecule has 0 radical (unpaired) electrons. The van der Waals surface area contributed by atoms with Crippen LogP contribution in [0, 0.1) is 10.1 Å². The van der Waals surface area contributed by atoms with E-state index >= 15 is 0 Å². The monoisotopic (exact) mass is 273 g/mol. The third-order valence-corrected chi connectivity index (χ3v) is 3.53. The lowest BCUT2D eigenvalue weighted by Crippen LogP contribution is -2.35. The topological polar surface area (TPSA) is 77.3 Å². The predicted molar refractivity (Wildman–Crippen MR) is 75.9 cm³/mol. The van der Waals surface area contributed by atoms with Gasteiger partial charge in [-0.05, 0) is 31.5 Å². The molecule has 20 heavy (non-hydrogen) atoms. The van der Waals surface area contributed by atoms with E-state index in [0.29, 0.717) is 6.61 Å². The van der Waals surface area contributed by atoms with Crippen LogP contribution in [0.5, 0.6) is 0 Å². The van der Waals surface area contributed by atoms with E-state index in [0.717, 1.165) is 29.7 Å². The molecule has 0 spiro atoms. The molecule has 1 atom stereocenters. The number of hydrogen-bond acceptors (Lipinski definition) is 5. The van der Waals surface area contributed by atoms with Crippen LogP contribution < -0.4 is 5.32 Å². The minimum Gasteiger partial charge on any atom is -0.379 e. The average molecular weight is 273 g/mol. The van der Waals surface area contributed by atoms with Crippen LogP contribution in [0.2, 0.25) is 0 Å². The Kier molecular flexibility index (Phi) is 3.02. The van der Waals surface area contributed by atoms with Crippen molar-refractivity contribution < 1.29 is 9.66 Å². The fourth-order valence-electron chi connectivity index (χ4n) is 2.37. The molecule has 1 saturated heterocycles. The van der Waals surface area contributed by atoms with E-state index in [1.807, 2.05) is 12.1 Å². The van der Waals surface area contributed by atoms with Gasteiger partial charge in [0.2, 0.25) is 0 Å². The van der Waals surface area contributed by atoms with E-state index < -0.39 is 4.92 Å². The summed E-state index contributed by atoms with van der Waals surface area (Å²) in [5.74, 6) is 0.763. The minimum absolute atomic E-state index is 0.0798. The molecular formula is C14H15N3O3. The van der Waals surface area contributed by atoms with Gasteiger partial charge in [-0.2, -0.15) is 0 Å². The molecule has 2 heterocycles. The van der Waals surface area contributed by atoms with Crippen molar-refractivity contribution in [2.75, 3.05) is 18.5 Å². The molecule has 6 nitrogen and oxygen atoms in total. The molecule has 0 aliphatic carbocycles. The van der Waals surface area contributed by atoms with Gasteiger partial charge in [-0.15, -0.1) is 0 Å². The normalized spacial score (nSPS) is 22.1. The van der Waals surface area contributed by atoms with E-state index in [2.05, 4.69) is 17.2 Å². The highest BCUT2D eigenvalue weighted by Crippen LogP contribution is 2.25. The van der Waals surface area contributed by atoms with Gasteiger partial charge in [-0.25, -0.2) is 4.98 Å². The number of ether oxygens (including phenoxy) is 1. The Morgan fingerprint density at radius 2 is 2.25 bits per heavy atom. The van der Waals surface area contributed by atoms with Crippen LogP contribution in [0.1, 0.15) is 13.3 Å². The summed E-state index contributed by atoms with van der Waals surface area (Å²) in [6, 6.07) is 8.37. The van der Waals surface area contributed by atoms with E-state index in [-0.39, 0.29) is 11.2 Å². The Balaban J connectivity index is 1.91. The number of pyridine rings is 1. The van der Waals surface area contributed by atoms with Gasteiger partial charge in [0.25, 0.3) is 5.69 Å². The summed E-state index contributed by atoms with van der Waals surface area (Å²) in [6.07, 6.45) is 0.937. The van der Waals surface area contributed by atoms with Crippen LogP contribution in [-0.2, 0) is 4.74 Å². The van der Waals surface area contributed by atoms with Crippen molar-refractivity contribution in [3.8, 4) is 0 Å². The number of fused-ring (bicyclic) bond motifs is 1. The Labute approximate surface area is 115 Å². The highest BCUT2D eigenvalue weighted by atomic mass is 16.6. The standard InChI is InChI=1S/C14H15N3O3/c1-14(6-7-20-9-14)16-13-5-2-10-8-11(17(18)19)3-4-12(10)15-13/h2-5,8H,6-7,9H2,1H3,(H,15,16). The van der Waals surface area contributed by atoms with Crippen LogP contribution in [-0.4, -0.2) is 28.7 Å². The van der Waals surface area contributed by atoms with Gasteiger partial charge in [0.15, 0.2) is 0 Å². The van der Waals surface area contributed by atoms with Crippen molar-refractivity contribution >= 4 is 22.4 Å². The number of non-ortho nitro benzene ring substituents is 1. The third-order valence-electron chi connectivity index (χ3n) is 3.53. The maximum atomic E-state index is 10.7. The second kappa shape index (κ2) is 4.72. The van der Waals surface area contributed by atoms with Crippen molar-refractivity contribution in [3.05, 3.63) is 40.4 Å². The second-order valence-corrected chi connectivity index (χ2v) is 5.32. The first-order valence-corrected chi connectivity index (χ1v) is 6.47. The summed E-state index contributed by atoms with van der Waals surface area (Å²) in [5, 5.41) is 14.9. The largest absolute Gasteiger partial charge is 0.379 e. The van der Waals surface area contributed by atoms with Gasteiger partial charge >= 0.3 is 0 Å². The summed E-state index contributed by atoms with van der Waals surface area (Å²) >= 11 is 0. The van der Waals surface area contributed by atoms with Crippen molar-refractivity contribution in [1.82, 2.24) is 4.98 Å². The van der Waals surface area contributed by atoms with Gasteiger partial charge < -0.3 is 10.1 Å². The van der Waals surface area contributed by atoms with Crippen LogP contribution in [0.3, 0.4) is 0 Å². The summed E-state index contributed by atoms with van der Waals surface area (Å²) in [4.78, 5) is 14.8. The molecule has 1 N–H and O–H groups in total. The lowest BCUT2D eigenvalue weighted by atomic mass is 10.0. The van der Waals surface area contributed by atoms with Gasteiger partial charge in [0.1, 0.15) is 5.82 Å². The lowest BCUT2D eigenvalue weighted by molar-refractivity contribution is -0.384. The second-order valence-electron chi connectivity index (χ2n) is 5.32. The van der Waals surface area contributed by atoms with E-state index in [4.69, 9.17) is 4.74 Å². The highest BCUT2D eigenvalue weighted by Gasteiger charge is 2.29. The molecule has 104 valence electrons. The molecule has 1 aliphatic heterocycles. The van der Waals surface area contributed by atoms with Crippen LogP contribution in [0.4, 0.5) is 11.5 Å². The quantitative estimate of drug-likeness (QED) is 0.687. The summed E-state index contributed by atoms with van der Waals surface area (Å²) in [5.41, 5.74) is 0.723. The molecule has 0 saturated carbocycles. The van der Waals surface area contributed by atoms with Crippen molar-refractivity contribution in [1.29, 1.82) is 0 Å². The summed E-state index contributed by atoms with van der Waals surface area (Å²) < 4.78 is 5.40. The Hall–Kier alpha value is -2.21. The number of nitro benzene ring substituents is 1. The van der Waals surface area contributed by atoms with Crippen LogP contribution in [0.25, 0.3) is 10.9 Å². The van der Waals surface area contributed by atoms with Crippen LogP contribution in [0.15, 0.2) is 30.3 Å². The summed E-state index contributed by atoms with van der Waals surface area (Å²) in [6.45, 7) is 3.51. The van der Waals surface area contributed by atoms with Crippen LogP contribution >= 0.6 is 0 Å². The minimum atomic E-state index is -0.400. The zero-order valence-corrected chi connectivity index (χ0v) is 11.1. The molecule has 1 unspecified atom stereocenters. The Morgan fingerprint density at radius 1 is 1.40 bits per heavy atom. The number of benzene rings is 1. The Bertz CT molecular complexity index is 666. The first kappa shape index (κ1) is 12.8. The van der Waals surface area contributed by atoms with Gasteiger partial charge in [-0.3, -0.25) is 10.1 Å². The van der Waals surface area contributed by atoms with Gasteiger partial charge in [-0.1, -0.05) is 0 Å². The third kappa shape index (κ3) is 2.42. The van der Waals surface area contributed by atoms with Gasteiger partial charge in [0, 0.05) is 24.1 Å². The number of anilines is 1. The first-order chi connectivity index (χ1) is 9.56. The smallest absolute Gasteiger partial charge is 0.270 e.